The highest BCUT2D eigenvalue weighted by atomic mass is 16.3. The summed E-state index contributed by atoms with van der Waals surface area (Å²) in [5.74, 6) is 0. The summed E-state index contributed by atoms with van der Waals surface area (Å²) >= 11 is 0. The monoisotopic (exact) mass is 260 g/mol. The van der Waals surface area contributed by atoms with Crippen LogP contribution in [0.3, 0.4) is 0 Å². The quantitative estimate of drug-likeness (QED) is 0.743. The number of imidazole rings is 1. The summed E-state index contributed by atoms with van der Waals surface area (Å²) in [4.78, 5) is 9.62. The lowest BCUT2D eigenvalue weighted by molar-refractivity contribution is 0.105. The van der Waals surface area contributed by atoms with Crippen molar-refractivity contribution in [1.82, 2.24) is 20.2 Å². The Morgan fingerprint density at radius 3 is 3.00 bits per heavy atom. The predicted molar refractivity (Wildman–Crippen MR) is 75.1 cm³/mol. The van der Waals surface area contributed by atoms with Crippen molar-refractivity contribution in [2.24, 2.45) is 0 Å². The molecule has 1 fully saturated rings. The Kier molecular flexibility index (Phi) is 3.77. The number of aromatic amines is 1. The summed E-state index contributed by atoms with van der Waals surface area (Å²) < 4.78 is 0. The highest BCUT2D eigenvalue weighted by Gasteiger charge is 2.14. The minimum atomic E-state index is -0.307. The van der Waals surface area contributed by atoms with E-state index < -0.39 is 0 Å². The fraction of sp³-hybridized carbons (Fsp3) is 0.500. The Balaban J connectivity index is 1.59. The molecule has 0 radical (unpaired) electrons. The molecule has 0 saturated carbocycles. The van der Waals surface area contributed by atoms with Gasteiger partial charge in [-0.25, -0.2) is 4.98 Å². The molecule has 1 unspecified atom stereocenters. The molecule has 1 aromatic heterocycles. The van der Waals surface area contributed by atoms with Gasteiger partial charge in [0.2, 0.25) is 0 Å². The van der Waals surface area contributed by atoms with E-state index in [0.29, 0.717) is 6.42 Å². The standard InChI is InChI=1S/C14H20N4O/c19-12(9-18-5-3-15-4-6-18)7-11-1-2-13-14(8-11)17-10-16-13/h1-2,8,10,12,15,19H,3-7,9H2,(H,16,17). The van der Waals surface area contributed by atoms with Gasteiger partial charge in [0.15, 0.2) is 0 Å². The number of fused-ring (bicyclic) bond motifs is 1. The average molecular weight is 260 g/mol. The van der Waals surface area contributed by atoms with Crippen LogP contribution >= 0.6 is 0 Å². The van der Waals surface area contributed by atoms with Gasteiger partial charge in [-0.2, -0.15) is 0 Å². The van der Waals surface area contributed by atoms with Crippen molar-refractivity contribution in [3.05, 3.63) is 30.1 Å². The zero-order chi connectivity index (χ0) is 13.1. The maximum atomic E-state index is 10.2. The van der Waals surface area contributed by atoms with Gasteiger partial charge < -0.3 is 15.4 Å². The van der Waals surface area contributed by atoms with Crippen molar-refractivity contribution in [3.63, 3.8) is 0 Å². The molecule has 1 aromatic carbocycles. The van der Waals surface area contributed by atoms with Gasteiger partial charge in [0.25, 0.3) is 0 Å². The predicted octanol–water partition coefficient (Wildman–Crippen LogP) is 0.372. The SMILES string of the molecule is OC(Cc1ccc2nc[nH]c2c1)CN1CCNCC1. The number of H-pyrrole nitrogens is 1. The van der Waals surface area contributed by atoms with E-state index in [0.717, 1.165) is 49.3 Å². The second-order valence-electron chi connectivity index (χ2n) is 5.16. The number of hydrogen-bond acceptors (Lipinski definition) is 4. The number of rotatable bonds is 4. The molecule has 3 N–H and O–H groups in total. The first-order valence-corrected chi connectivity index (χ1v) is 6.84. The van der Waals surface area contributed by atoms with Gasteiger partial charge in [-0.05, 0) is 24.1 Å². The molecule has 5 heteroatoms. The molecule has 3 rings (SSSR count). The average Bonchev–Trinajstić information content (AvgIpc) is 2.87. The third kappa shape index (κ3) is 3.12. The summed E-state index contributed by atoms with van der Waals surface area (Å²) in [6, 6.07) is 6.12. The molecular weight excluding hydrogens is 240 g/mol. The third-order valence-corrected chi connectivity index (χ3v) is 3.63. The zero-order valence-corrected chi connectivity index (χ0v) is 11.0. The zero-order valence-electron chi connectivity index (χ0n) is 11.0. The first-order valence-electron chi connectivity index (χ1n) is 6.84. The summed E-state index contributed by atoms with van der Waals surface area (Å²) in [5, 5.41) is 13.5. The van der Waals surface area contributed by atoms with Crippen LogP contribution in [0.5, 0.6) is 0 Å². The number of aromatic nitrogens is 2. The fourth-order valence-electron chi connectivity index (χ4n) is 2.64. The number of aliphatic hydroxyl groups is 1. The van der Waals surface area contributed by atoms with Gasteiger partial charge in [0.05, 0.1) is 23.5 Å². The lowest BCUT2D eigenvalue weighted by Crippen LogP contribution is -2.46. The number of benzene rings is 1. The van der Waals surface area contributed by atoms with Gasteiger partial charge >= 0.3 is 0 Å². The van der Waals surface area contributed by atoms with Crippen LogP contribution in [0.15, 0.2) is 24.5 Å². The van der Waals surface area contributed by atoms with Crippen LogP contribution in [0, 0.1) is 0 Å². The maximum Gasteiger partial charge on any atom is 0.0931 e. The van der Waals surface area contributed by atoms with Crippen molar-refractivity contribution in [2.75, 3.05) is 32.7 Å². The van der Waals surface area contributed by atoms with Gasteiger partial charge in [-0.1, -0.05) is 6.07 Å². The lowest BCUT2D eigenvalue weighted by Gasteiger charge is -2.29. The normalized spacial score (nSPS) is 18.8. The van der Waals surface area contributed by atoms with Gasteiger partial charge in [-0.3, -0.25) is 4.90 Å². The number of piperazine rings is 1. The Bertz CT molecular complexity index is 533. The Hall–Kier alpha value is -1.43. The van der Waals surface area contributed by atoms with Gasteiger partial charge in [0.1, 0.15) is 0 Å². The summed E-state index contributed by atoms with van der Waals surface area (Å²) in [6.07, 6.45) is 2.09. The second-order valence-corrected chi connectivity index (χ2v) is 5.16. The largest absolute Gasteiger partial charge is 0.391 e. The lowest BCUT2D eigenvalue weighted by atomic mass is 10.1. The first kappa shape index (κ1) is 12.6. The molecule has 2 aromatic rings. The molecule has 19 heavy (non-hydrogen) atoms. The smallest absolute Gasteiger partial charge is 0.0931 e. The minimum Gasteiger partial charge on any atom is -0.391 e. The van der Waals surface area contributed by atoms with E-state index in [4.69, 9.17) is 0 Å². The topological polar surface area (TPSA) is 64.2 Å². The van der Waals surface area contributed by atoms with Gasteiger partial charge in [-0.15, -0.1) is 0 Å². The van der Waals surface area contributed by atoms with Crippen LogP contribution in [0.25, 0.3) is 11.0 Å². The molecule has 102 valence electrons. The van der Waals surface area contributed by atoms with Crippen LogP contribution in [0.1, 0.15) is 5.56 Å². The molecule has 0 aliphatic carbocycles. The molecule has 1 aliphatic heterocycles. The van der Waals surface area contributed by atoms with Crippen LogP contribution in [0.2, 0.25) is 0 Å². The summed E-state index contributed by atoms with van der Waals surface area (Å²) in [5.41, 5.74) is 3.16. The Labute approximate surface area is 112 Å². The fourth-order valence-corrected chi connectivity index (χ4v) is 2.64. The van der Waals surface area contributed by atoms with E-state index in [9.17, 15) is 5.11 Å². The molecule has 2 heterocycles. The van der Waals surface area contributed by atoms with E-state index in [1.165, 1.54) is 0 Å². The van der Waals surface area contributed by atoms with E-state index in [-0.39, 0.29) is 6.10 Å². The van der Waals surface area contributed by atoms with Crippen molar-refractivity contribution in [2.45, 2.75) is 12.5 Å². The van der Waals surface area contributed by atoms with E-state index >= 15 is 0 Å². The molecule has 0 bridgehead atoms. The highest BCUT2D eigenvalue weighted by molar-refractivity contribution is 5.75. The van der Waals surface area contributed by atoms with Crippen LogP contribution < -0.4 is 5.32 Å². The Morgan fingerprint density at radius 2 is 2.16 bits per heavy atom. The first-order chi connectivity index (χ1) is 9.31. The van der Waals surface area contributed by atoms with Gasteiger partial charge in [0, 0.05) is 32.7 Å². The molecule has 1 aliphatic rings. The van der Waals surface area contributed by atoms with E-state index in [1.54, 1.807) is 6.33 Å². The minimum absolute atomic E-state index is 0.307. The van der Waals surface area contributed by atoms with Crippen LogP contribution in [-0.4, -0.2) is 58.8 Å². The molecule has 1 saturated heterocycles. The Morgan fingerprint density at radius 1 is 1.32 bits per heavy atom. The van der Waals surface area contributed by atoms with E-state index in [1.807, 2.05) is 12.1 Å². The molecule has 1 atom stereocenters. The van der Waals surface area contributed by atoms with Crippen LogP contribution in [-0.2, 0) is 6.42 Å². The maximum absolute atomic E-state index is 10.2. The van der Waals surface area contributed by atoms with E-state index in [2.05, 4.69) is 26.3 Å². The highest BCUT2D eigenvalue weighted by Crippen LogP contribution is 2.13. The molecule has 0 amide bonds. The molecular formula is C14H20N4O. The van der Waals surface area contributed by atoms with Crippen LogP contribution in [0.4, 0.5) is 0 Å². The number of nitrogens with zero attached hydrogens (tertiary/aromatic N) is 2. The number of β-amino-alcohol motifs (C(OH)–C–C–N with tert-alkyl or cyclic N) is 1. The summed E-state index contributed by atoms with van der Waals surface area (Å²) in [7, 11) is 0. The van der Waals surface area contributed by atoms with Crippen molar-refractivity contribution in [3.8, 4) is 0 Å². The van der Waals surface area contributed by atoms with Crippen molar-refractivity contribution in [1.29, 1.82) is 0 Å². The van der Waals surface area contributed by atoms with Crippen molar-refractivity contribution >= 4 is 11.0 Å². The van der Waals surface area contributed by atoms with Crippen molar-refractivity contribution < 1.29 is 5.11 Å². The molecule has 0 spiro atoms. The molecule has 5 nitrogen and oxygen atoms in total. The number of nitrogens with one attached hydrogen (secondary N) is 2. The second kappa shape index (κ2) is 5.69. The number of hydrogen-bond donors (Lipinski definition) is 3. The number of aliphatic hydroxyl groups excluding tert-OH is 1. The summed E-state index contributed by atoms with van der Waals surface area (Å²) in [6.45, 7) is 4.84. The third-order valence-electron chi connectivity index (χ3n) is 3.63.